The van der Waals surface area contributed by atoms with E-state index in [9.17, 15) is 14.3 Å². The second kappa shape index (κ2) is 7.63. The van der Waals surface area contributed by atoms with Gasteiger partial charge in [0.15, 0.2) is 5.82 Å². The number of carboxylic acid groups (broad SMARTS) is 1. The number of H-pyrrole nitrogens is 1. The molecule has 2 aromatic heterocycles. The molecule has 31 heavy (non-hydrogen) atoms. The van der Waals surface area contributed by atoms with Gasteiger partial charge < -0.3 is 15.0 Å². The van der Waals surface area contributed by atoms with Crippen LogP contribution in [0.1, 0.15) is 17.3 Å². The van der Waals surface area contributed by atoms with Gasteiger partial charge in [0.05, 0.1) is 16.7 Å². The summed E-state index contributed by atoms with van der Waals surface area (Å²) in [6, 6.07) is 11.4. The smallest absolute Gasteiger partial charge is 0.325 e. The molecular formula is C23H22FN5O2. The molecule has 2 aromatic carbocycles. The van der Waals surface area contributed by atoms with E-state index in [0.29, 0.717) is 37.3 Å². The highest BCUT2D eigenvalue weighted by molar-refractivity contribution is 5.89. The molecule has 1 saturated heterocycles. The zero-order valence-electron chi connectivity index (χ0n) is 17.0. The highest BCUT2D eigenvalue weighted by Crippen LogP contribution is 2.31. The van der Waals surface area contributed by atoms with Gasteiger partial charge >= 0.3 is 5.97 Å². The Balaban J connectivity index is 1.39. The Morgan fingerprint density at radius 2 is 1.81 bits per heavy atom. The first-order chi connectivity index (χ1) is 15.0. The molecule has 158 valence electrons. The van der Waals surface area contributed by atoms with Crippen LogP contribution in [0.4, 0.5) is 10.2 Å². The van der Waals surface area contributed by atoms with E-state index in [4.69, 9.17) is 4.98 Å². The highest BCUT2D eigenvalue weighted by Gasteiger charge is 2.32. The maximum atomic E-state index is 13.5. The van der Waals surface area contributed by atoms with Crippen LogP contribution in [-0.4, -0.2) is 57.1 Å². The Labute approximate surface area is 178 Å². The summed E-state index contributed by atoms with van der Waals surface area (Å²) in [4.78, 5) is 28.8. The van der Waals surface area contributed by atoms with Crippen LogP contribution in [-0.2, 0) is 4.79 Å². The van der Waals surface area contributed by atoms with Gasteiger partial charge in [0, 0.05) is 48.8 Å². The number of benzene rings is 2. The minimum absolute atomic E-state index is 0.353. The number of nitrogens with zero attached hydrogens (tertiary/aromatic N) is 4. The van der Waals surface area contributed by atoms with Crippen molar-refractivity contribution < 1.29 is 14.3 Å². The monoisotopic (exact) mass is 419 g/mol. The Morgan fingerprint density at radius 3 is 2.52 bits per heavy atom. The molecule has 4 aromatic rings. The van der Waals surface area contributed by atoms with Crippen LogP contribution in [0.3, 0.4) is 0 Å². The van der Waals surface area contributed by atoms with Crippen molar-refractivity contribution in [2.45, 2.75) is 13.0 Å². The fourth-order valence-electron chi connectivity index (χ4n) is 4.40. The van der Waals surface area contributed by atoms with Crippen molar-refractivity contribution in [1.82, 2.24) is 19.9 Å². The number of rotatable bonds is 4. The molecule has 1 fully saturated rings. The molecular weight excluding hydrogens is 397 g/mol. The third kappa shape index (κ3) is 3.48. The van der Waals surface area contributed by atoms with Gasteiger partial charge in [0.1, 0.15) is 11.9 Å². The Kier molecular flexibility index (Phi) is 4.78. The zero-order chi connectivity index (χ0) is 21.5. The number of piperazine rings is 1. The fraction of sp³-hybridized carbons (Fsp3) is 0.261. The highest BCUT2D eigenvalue weighted by atomic mass is 19.1. The van der Waals surface area contributed by atoms with Crippen molar-refractivity contribution in [3.8, 4) is 0 Å². The number of aromatic amines is 1. The molecule has 2 N–H and O–H groups in total. The molecule has 0 spiro atoms. The molecule has 5 rings (SSSR count). The SMILES string of the molecule is Cc1nc2ccccc2nc1N1CCN([C@@H](C(=O)O)c2c[nH]c3cc(F)ccc23)CC1. The summed E-state index contributed by atoms with van der Waals surface area (Å²) in [5.41, 5.74) is 3.82. The molecule has 1 aliphatic rings. The van der Waals surface area contributed by atoms with Gasteiger partial charge in [-0.15, -0.1) is 0 Å². The van der Waals surface area contributed by atoms with Crippen LogP contribution >= 0.6 is 0 Å². The van der Waals surface area contributed by atoms with Crippen molar-refractivity contribution >= 4 is 33.7 Å². The van der Waals surface area contributed by atoms with E-state index in [1.54, 1.807) is 12.3 Å². The van der Waals surface area contributed by atoms with Crippen LogP contribution in [0.5, 0.6) is 0 Å². The van der Waals surface area contributed by atoms with Crippen LogP contribution < -0.4 is 4.90 Å². The number of para-hydroxylation sites is 2. The molecule has 1 aliphatic heterocycles. The number of carbonyl (C=O) groups is 1. The van der Waals surface area contributed by atoms with Crippen molar-refractivity contribution in [3.63, 3.8) is 0 Å². The van der Waals surface area contributed by atoms with E-state index in [2.05, 4.69) is 14.9 Å². The number of aromatic nitrogens is 3. The first-order valence-corrected chi connectivity index (χ1v) is 10.2. The summed E-state index contributed by atoms with van der Waals surface area (Å²) >= 11 is 0. The van der Waals surface area contributed by atoms with Crippen molar-refractivity contribution in [1.29, 1.82) is 0 Å². The lowest BCUT2D eigenvalue weighted by atomic mass is 10.0. The second-order valence-electron chi connectivity index (χ2n) is 7.82. The lowest BCUT2D eigenvalue weighted by molar-refractivity contribution is -0.143. The van der Waals surface area contributed by atoms with Crippen LogP contribution in [0.15, 0.2) is 48.7 Å². The average molecular weight is 419 g/mol. The molecule has 0 amide bonds. The van der Waals surface area contributed by atoms with Crippen molar-refractivity contribution in [2.75, 3.05) is 31.1 Å². The van der Waals surface area contributed by atoms with Gasteiger partial charge in [-0.25, -0.2) is 14.4 Å². The number of aliphatic carboxylic acids is 1. The molecule has 0 unspecified atom stereocenters. The molecule has 8 heteroatoms. The molecule has 0 saturated carbocycles. The van der Waals surface area contributed by atoms with Gasteiger partial charge in [-0.1, -0.05) is 12.1 Å². The van der Waals surface area contributed by atoms with E-state index < -0.39 is 12.0 Å². The molecule has 0 bridgehead atoms. The molecule has 0 radical (unpaired) electrons. The summed E-state index contributed by atoms with van der Waals surface area (Å²) in [7, 11) is 0. The molecule has 7 nitrogen and oxygen atoms in total. The zero-order valence-corrected chi connectivity index (χ0v) is 17.0. The summed E-state index contributed by atoms with van der Waals surface area (Å²) in [6.07, 6.45) is 1.67. The van der Waals surface area contributed by atoms with Gasteiger partial charge in [-0.05, 0) is 37.3 Å². The van der Waals surface area contributed by atoms with E-state index in [-0.39, 0.29) is 5.82 Å². The summed E-state index contributed by atoms with van der Waals surface area (Å²) in [5.74, 6) is -0.429. The van der Waals surface area contributed by atoms with Crippen molar-refractivity contribution in [2.24, 2.45) is 0 Å². The lowest BCUT2D eigenvalue weighted by Crippen LogP contribution is -2.49. The summed E-state index contributed by atoms with van der Waals surface area (Å²) < 4.78 is 13.5. The number of anilines is 1. The Bertz CT molecular complexity index is 1280. The third-order valence-electron chi connectivity index (χ3n) is 5.90. The maximum absolute atomic E-state index is 13.5. The standard InChI is InChI=1S/C23H22FN5O2/c1-14-22(27-19-5-3-2-4-18(19)26-14)29-10-8-28(9-11-29)21(23(30)31)17-13-25-20-12-15(24)6-7-16(17)20/h2-7,12-13,21,25H,8-11H2,1H3,(H,30,31)/t21-/m1/s1. The quantitative estimate of drug-likeness (QED) is 0.527. The summed E-state index contributed by atoms with van der Waals surface area (Å²) in [6.45, 7) is 4.38. The fourth-order valence-corrected chi connectivity index (χ4v) is 4.40. The number of fused-ring (bicyclic) bond motifs is 2. The van der Waals surface area contributed by atoms with Crippen LogP contribution in [0.25, 0.3) is 21.9 Å². The lowest BCUT2D eigenvalue weighted by Gasteiger charge is -2.38. The van der Waals surface area contributed by atoms with E-state index in [1.807, 2.05) is 36.1 Å². The molecule has 0 aliphatic carbocycles. The molecule has 3 heterocycles. The minimum atomic E-state index is -0.916. The van der Waals surface area contributed by atoms with Gasteiger partial charge in [-0.2, -0.15) is 0 Å². The van der Waals surface area contributed by atoms with Gasteiger partial charge in [-0.3, -0.25) is 9.69 Å². The average Bonchev–Trinajstić information content (AvgIpc) is 3.16. The minimum Gasteiger partial charge on any atom is -0.480 e. The normalized spacial score (nSPS) is 16.1. The van der Waals surface area contributed by atoms with Crippen LogP contribution in [0, 0.1) is 12.7 Å². The van der Waals surface area contributed by atoms with Crippen LogP contribution in [0.2, 0.25) is 0 Å². The predicted molar refractivity (Wildman–Crippen MR) is 117 cm³/mol. The molecule has 1 atom stereocenters. The maximum Gasteiger partial charge on any atom is 0.325 e. The topological polar surface area (TPSA) is 85.3 Å². The van der Waals surface area contributed by atoms with E-state index in [1.165, 1.54) is 12.1 Å². The number of halogens is 1. The number of hydrogen-bond acceptors (Lipinski definition) is 5. The van der Waals surface area contributed by atoms with Gasteiger partial charge in [0.2, 0.25) is 0 Å². The largest absolute Gasteiger partial charge is 0.480 e. The summed E-state index contributed by atoms with van der Waals surface area (Å²) in [5, 5.41) is 10.7. The van der Waals surface area contributed by atoms with E-state index in [0.717, 1.165) is 27.9 Å². The first kappa shape index (κ1) is 19.4. The number of carboxylic acids is 1. The Morgan fingerprint density at radius 1 is 1.10 bits per heavy atom. The number of aryl methyl sites for hydroxylation is 1. The third-order valence-corrected chi connectivity index (χ3v) is 5.90. The first-order valence-electron chi connectivity index (χ1n) is 10.2. The number of nitrogens with one attached hydrogen (secondary N) is 1. The van der Waals surface area contributed by atoms with Gasteiger partial charge in [0.25, 0.3) is 0 Å². The Hall–Kier alpha value is -3.52. The van der Waals surface area contributed by atoms with Crippen molar-refractivity contribution in [3.05, 3.63) is 65.7 Å². The number of hydrogen-bond donors (Lipinski definition) is 2. The second-order valence-corrected chi connectivity index (χ2v) is 7.82. The predicted octanol–water partition coefficient (Wildman–Crippen LogP) is 3.51. The van der Waals surface area contributed by atoms with E-state index >= 15 is 0 Å².